The molecule has 0 bridgehead atoms. The lowest BCUT2D eigenvalue weighted by molar-refractivity contribution is -0.142. The lowest BCUT2D eigenvalue weighted by Gasteiger charge is -2.18. The summed E-state index contributed by atoms with van der Waals surface area (Å²) in [5.74, 6) is -1.34. The Labute approximate surface area is 116 Å². The van der Waals surface area contributed by atoms with Gasteiger partial charge in [0, 0.05) is 16.8 Å². The van der Waals surface area contributed by atoms with Crippen LogP contribution in [0, 0.1) is 5.92 Å². The second kappa shape index (κ2) is 5.93. The molecule has 0 spiro atoms. The molecule has 1 saturated carbocycles. The van der Waals surface area contributed by atoms with Crippen molar-refractivity contribution in [2.45, 2.75) is 25.3 Å². The largest absolute Gasteiger partial charge is 0.481 e. The normalized spacial score (nSPS) is 21.9. The second-order valence-corrected chi connectivity index (χ2v) is 5.02. The first-order valence-electron chi connectivity index (χ1n) is 6.12. The molecule has 0 saturated heterocycles. The average molecular weight is 283 g/mol. The number of halogens is 1. The SMILES string of the molecule is O=C(Nc1ccc(Cl)cc1)N[C@H]1CCC[C@H]1C(=O)O. The van der Waals surface area contributed by atoms with Gasteiger partial charge in [-0.05, 0) is 37.1 Å². The number of carbonyl (C=O) groups excluding carboxylic acids is 1. The van der Waals surface area contributed by atoms with E-state index < -0.39 is 11.9 Å². The van der Waals surface area contributed by atoms with E-state index in [2.05, 4.69) is 10.6 Å². The Bertz CT molecular complexity index is 475. The predicted octanol–water partition coefficient (Wildman–Crippen LogP) is 2.71. The number of urea groups is 1. The minimum atomic E-state index is -0.853. The van der Waals surface area contributed by atoms with E-state index in [1.165, 1.54) is 0 Å². The van der Waals surface area contributed by atoms with Crippen molar-refractivity contribution in [1.82, 2.24) is 5.32 Å². The minimum absolute atomic E-state index is 0.301. The number of amides is 2. The molecule has 1 aromatic rings. The Hall–Kier alpha value is -1.75. The van der Waals surface area contributed by atoms with Crippen LogP contribution >= 0.6 is 11.6 Å². The van der Waals surface area contributed by atoms with Crippen molar-refractivity contribution in [3.63, 3.8) is 0 Å². The van der Waals surface area contributed by atoms with Crippen molar-refractivity contribution in [3.8, 4) is 0 Å². The fourth-order valence-corrected chi connectivity index (χ4v) is 2.42. The maximum absolute atomic E-state index is 11.8. The molecule has 0 aromatic heterocycles. The van der Waals surface area contributed by atoms with Crippen molar-refractivity contribution in [1.29, 1.82) is 0 Å². The third-order valence-electron chi connectivity index (χ3n) is 3.25. The van der Waals surface area contributed by atoms with E-state index in [0.717, 1.165) is 6.42 Å². The molecule has 1 aromatic carbocycles. The van der Waals surface area contributed by atoms with E-state index in [1.807, 2.05) is 0 Å². The van der Waals surface area contributed by atoms with E-state index in [0.29, 0.717) is 23.6 Å². The van der Waals surface area contributed by atoms with Gasteiger partial charge in [0.1, 0.15) is 0 Å². The summed E-state index contributed by atoms with van der Waals surface area (Å²) in [5, 5.41) is 15.0. The fourth-order valence-electron chi connectivity index (χ4n) is 2.30. The number of carboxylic acids is 1. The smallest absolute Gasteiger partial charge is 0.319 e. The number of rotatable bonds is 3. The van der Waals surface area contributed by atoms with E-state index in [1.54, 1.807) is 24.3 Å². The predicted molar refractivity (Wildman–Crippen MR) is 72.4 cm³/mol. The quantitative estimate of drug-likeness (QED) is 0.797. The monoisotopic (exact) mass is 282 g/mol. The van der Waals surface area contributed by atoms with E-state index in [-0.39, 0.29) is 12.1 Å². The van der Waals surface area contributed by atoms with Crippen molar-refractivity contribution in [2.75, 3.05) is 5.32 Å². The Morgan fingerprint density at radius 2 is 1.89 bits per heavy atom. The van der Waals surface area contributed by atoms with Gasteiger partial charge in [-0.25, -0.2) is 4.79 Å². The molecule has 19 heavy (non-hydrogen) atoms. The first-order valence-corrected chi connectivity index (χ1v) is 6.50. The zero-order valence-electron chi connectivity index (χ0n) is 10.2. The van der Waals surface area contributed by atoms with Crippen LogP contribution in [0.1, 0.15) is 19.3 Å². The van der Waals surface area contributed by atoms with Gasteiger partial charge in [0.05, 0.1) is 5.92 Å². The molecular weight excluding hydrogens is 268 g/mol. The van der Waals surface area contributed by atoms with Crippen LogP contribution in [0.2, 0.25) is 5.02 Å². The summed E-state index contributed by atoms with van der Waals surface area (Å²) in [7, 11) is 0. The highest BCUT2D eigenvalue weighted by molar-refractivity contribution is 6.30. The van der Waals surface area contributed by atoms with Crippen LogP contribution in [0.4, 0.5) is 10.5 Å². The lowest BCUT2D eigenvalue weighted by Crippen LogP contribution is -2.42. The van der Waals surface area contributed by atoms with Gasteiger partial charge in [-0.1, -0.05) is 18.0 Å². The molecule has 0 unspecified atom stereocenters. The van der Waals surface area contributed by atoms with Crippen LogP contribution in [0.15, 0.2) is 24.3 Å². The van der Waals surface area contributed by atoms with Gasteiger partial charge in [0.2, 0.25) is 0 Å². The first kappa shape index (κ1) is 13.7. The minimum Gasteiger partial charge on any atom is -0.481 e. The van der Waals surface area contributed by atoms with Crippen LogP contribution < -0.4 is 10.6 Å². The van der Waals surface area contributed by atoms with Crippen LogP contribution in [0.5, 0.6) is 0 Å². The molecule has 2 amide bonds. The highest BCUT2D eigenvalue weighted by atomic mass is 35.5. The van der Waals surface area contributed by atoms with Crippen molar-refractivity contribution >= 4 is 29.3 Å². The fraction of sp³-hybridized carbons (Fsp3) is 0.385. The number of carboxylic acid groups (broad SMARTS) is 1. The van der Waals surface area contributed by atoms with Crippen molar-refractivity contribution < 1.29 is 14.7 Å². The Kier molecular flexibility index (Phi) is 4.27. The van der Waals surface area contributed by atoms with Crippen LogP contribution in [-0.4, -0.2) is 23.1 Å². The zero-order chi connectivity index (χ0) is 13.8. The van der Waals surface area contributed by atoms with Gasteiger partial charge >= 0.3 is 12.0 Å². The summed E-state index contributed by atoms with van der Waals surface area (Å²) in [6, 6.07) is 6.03. The standard InChI is InChI=1S/C13H15ClN2O3/c14-8-4-6-9(7-5-8)15-13(19)16-11-3-1-2-10(11)12(17)18/h4-7,10-11H,1-3H2,(H,17,18)(H2,15,16,19)/t10-,11+/m1/s1. The van der Waals surface area contributed by atoms with Gasteiger partial charge in [-0.15, -0.1) is 0 Å². The van der Waals surface area contributed by atoms with Crippen LogP contribution in [0.3, 0.4) is 0 Å². The number of hydrogen-bond acceptors (Lipinski definition) is 2. The summed E-state index contributed by atoms with van der Waals surface area (Å²) >= 11 is 5.75. The molecule has 0 radical (unpaired) electrons. The summed E-state index contributed by atoms with van der Waals surface area (Å²) in [6.07, 6.45) is 2.13. The van der Waals surface area contributed by atoms with Crippen LogP contribution in [0.25, 0.3) is 0 Å². The number of nitrogens with one attached hydrogen (secondary N) is 2. The van der Waals surface area contributed by atoms with Gasteiger partial charge < -0.3 is 15.7 Å². The summed E-state index contributed by atoms with van der Waals surface area (Å²) in [6.45, 7) is 0. The summed E-state index contributed by atoms with van der Waals surface area (Å²) in [4.78, 5) is 22.8. The summed E-state index contributed by atoms with van der Waals surface area (Å²) in [5.41, 5.74) is 0.617. The van der Waals surface area contributed by atoms with Gasteiger partial charge in [0.15, 0.2) is 0 Å². The van der Waals surface area contributed by atoms with Gasteiger partial charge in [-0.2, -0.15) is 0 Å². The molecule has 1 aliphatic carbocycles. The maximum atomic E-state index is 11.8. The van der Waals surface area contributed by atoms with E-state index in [4.69, 9.17) is 16.7 Å². The zero-order valence-corrected chi connectivity index (χ0v) is 11.0. The van der Waals surface area contributed by atoms with Crippen molar-refractivity contribution in [2.24, 2.45) is 5.92 Å². The molecule has 5 nitrogen and oxygen atoms in total. The highest BCUT2D eigenvalue weighted by Crippen LogP contribution is 2.25. The van der Waals surface area contributed by atoms with Gasteiger partial charge in [-0.3, -0.25) is 4.79 Å². The Morgan fingerprint density at radius 3 is 2.53 bits per heavy atom. The van der Waals surface area contributed by atoms with Crippen molar-refractivity contribution in [3.05, 3.63) is 29.3 Å². The molecule has 102 valence electrons. The number of aliphatic carboxylic acids is 1. The first-order chi connectivity index (χ1) is 9.06. The topological polar surface area (TPSA) is 78.4 Å². The molecule has 1 fully saturated rings. The molecule has 0 aliphatic heterocycles. The molecule has 1 aliphatic rings. The molecule has 2 rings (SSSR count). The molecular formula is C13H15ClN2O3. The molecule has 6 heteroatoms. The maximum Gasteiger partial charge on any atom is 0.319 e. The average Bonchev–Trinajstić information content (AvgIpc) is 2.80. The lowest BCUT2D eigenvalue weighted by atomic mass is 10.0. The number of carbonyl (C=O) groups is 2. The summed E-state index contributed by atoms with van der Waals surface area (Å²) < 4.78 is 0. The number of hydrogen-bond donors (Lipinski definition) is 3. The number of benzene rings is 1. The number of anilines is 1. The molecule has 3 N–H and O–H groups in total. The van der Waals surface area contributed by atoms with E-state index in [9.17, 15) is 9.59 Å². The Balaban J connectivity index is 1.90. The third kappa shape index (κ3) is 3.61. The molecule has 2 atom stereocenters. The second-order valence-electron chi connectivity index (χ2n) is 4.59. The highest BCUT2D eigenvalue weighted by Gasteiger charge is 2.33. The van der Waals surface area contributed by atoms with Gasteiger partial charge in [0.25, 0.3) is 0 Å². The molecule has 0 heterocycles. The van der Waals surface area contributed by atoms with E-state index >= 15 is 0 Å². The third-order valence-corrected chi connectivity index (χ3v) is 3.50. The Morgan fingerprint density at radius 1 is 1.21 bits per heavy atom. The van der Waals surface area contributed by atoms with Crippen LogP contribution in [-0.2, 0) is 4.79 Å².